The van der Waals surface area contributed by atoms with Crippen molar-refractivity contribution in [2.24, 2.45) is 11.8 Å². The van der Waals surface area contributed by atoms with E-state index >= 15 is 0 Å². The average molecular weight is 340 g/mol. The maximum absolute atomic E-state index is 12.7. The highest BCUT2D eigenvalue weighted by atomic mass is 19.4. The van der Waals surface area contributed by atoms with Crippen molar-refractivity contribution in [2.75, 3.05) is 26.2 Å². The van der Waals surface area contributed by atoms with Crippen LogP contribution in [0.3, 0.4) is 0 Å². The number of aliphatic hydroxyl groups excluding tert-OH is 1. The number of halogens is 3. The van der Waals surface area contributed by atoms with E-state index in [1.54, 1.807) is 0 Å². The molecule has 0 aliphatic carbocycles. The minimum atomic E-state index is -4.67. The molecule has 5 nitrogen and oxygen atoms in total. The predicted molar refractivity (Wildman–Crippen MR) is 79.9 cm³/mol. The maximum Gasteiger partial charge on any atom is 0.417 e. The van der Waals surface area contributed by atoms with E-state index in [2.05, 4.69) is 19.2 Å². The zero-order valence-electron chi connectivity index (χ0n) is 13.7. The van der Waals surface area contributed by atoms with E-state index in [-0.39, 0.29) is 25.6 Å². The third kappa shape index (κ3) is 5.84. The van der Waals surface area contributed by atoms with Crippen LogP contribution in [0.2, 0.25) is 0 Å². The quantitative estimate of drug-likeness (QED) is 0.694. The van der Waals surface area contributed by atoms with E-state index in [0.717, 1.165) is 6.42 Å². The third-order valence-electron chi connectivity index (χ3n) is 4.29. The molecule has 1 aliphatic rings. The molecular formula is C15H27F3N2O3. The van der Waals surface area contributed by atoms with E-state index in [1.165, 1.54) is 4.90 Å². The van der Waals surface area contributed by atoms with Gasteiger partial charge in [-0.1, -0.05) is 13.8 Å². The summed E-state index contributed by atoms with van der Waals surface area (Å²) in [6.07, 6.45) is -4.24. The van der Waals surface area contributed by atoms with E-state index in [4.69, 9.17) is 5.11 Å². The lowest BCUT2D eigenvalue weighted by atomic mass is 9.91. The number of amides is 2. The van der Waals surface area contributed by atoms with Crippen molar-refractivity contribution in [1.82, 2.24) is 10.2 Å². The number of nitrogens with one attached hydrogen (secondary N) is 1. The van der Waals surface area contributed by atoms with Gasteiger partial charge in [0.1, 0.15) is 0 Å². The highest BCUT2D eigenvalue weighted by Gasteiger charge is 2.54. The number of aliphatic hydroxyl groups is 2. The fourth-order valence-electron chi connectivity index (χ4n) is 2.86. The Morgan fingerprint density at radius 2 is 1.87 bits per heavy atom. The Kier molecular flexibility index (Phi) is 7.13. The fraction of sp³-hybridized carbons (Fsp3) is 0.933. The number of nitrogens with zero attached hydrogens (tertiary/aromatic N) is 1. The Morgan fingerprint density at radius 3 is 2.30 bits per heavy atom. The van der Waals surface area contributed by atoms with Crippen LogP contribution in [0, 0.1) is 11.8 Å². The monoisotopic (exact) mass is 340 g/mol. The number of rotatable bonds is 6. The van der Waals surface area contributed by atoms with Gasteiger partial charge in [-0.15, -0.1) is 0 Å². The molecule has 1 aliphatic heterocycles. The summed E-state index contributed by atoms with van der Waals surface area (Å²) in [6.45, 7) is 4.27. The Morgan fingerprint density at radius 1 is 1.30 bits per heavy atom. The number of alkyl halides is 3. The molecule has 0 spiro atoms. The lowest BCUT2D eigenvalue weighted by Crippen LogP contribution is -2.56. The van der Waals surface area contributed by atoms with Gasteiger partial charge in [0, 0.05) is 39.1 Å². The summed E-state index contributed by atoms with van der Waals surface area (Å²) in [6, 6.07) is -0.416. The molecule has 0 bridgehead atoms. The van der Waals surface area contributed by atoms with Crippen LogP contribution in [0.15, 0.2) is 0 Å². The highest BCUT2D eigenvalue weighted by Crippen LogP contribution is 2.38. The second-order valence-electron chi connectivity index (χ2n) is 6.71. The standard InChI is InChI=1S/C15H27F3N2O3/c1-11(2)9-12(3-8-21)10-19-13(22)20-6-4-14(23,5-7-20)15(16,17)18/h11-12,21,23H,3-10H2,1-2H3,(H,19,22). The molecule has 1 atom stereocenters. The topological polar surface area (TPSA) is 72.8 Å². The zero-order valence-corrected chi connectivity index (χ0v) is 13.7. The number of hydrogen-bond acceptors (Lipinski definition) is 3. The van der Waals surface area contributed by atoms with Crippen LogP contribution < -0.4 is 5.32 Å². The van der Waals surface area contributed by atoms with Crippen molar-refractivity contribution in [3.8, 4) is 0 Å². The maximum atomic E-state index is 12.7. The molecule has 23 heavy (non-hydrogen) atoms. The van der Waals surface area contributed by atoms with Crippen molar-refractivity contribution in [1.29, 1.82) is 0 Å². The number of carbonyl (C=O) groups excluding carboxylic acids is 1. The molecule has 1 saturated heterocycles. The minimum absolute atomic E-state index is 0.0373. The lowest BCUT2D eigenvalue weighted by Gasteiger charge is -2.39. The molecule has 8 heteroatoms. The fourth-order valence-corrected chi connectivity index (χ4v) is 2.86. The first-order valence-corrected chi connectivity index (χ1v) is 8.02. The first-order chi connectivity index (χ1) is 10.6. The molecule has 0 aromatic rings. The Labute approximate surface area is 134 Å². The van der Waals surface area contributed by atoms with Gasteiger partial charge >= 0.3 is 12.2 Å². The molecule has 1 fully saturated rings. The summed E-state index contributed by atoms with van der Waals surface area (Å²) < 4.78 is 38.2. The van der Waals surface area contributed by atoms with Gasteiger partial charge in [0.05, 0.1) is 0 Å². The summed E-state index contributed by atoms with van der Waals surface area (Å²) in [4.78, 5) is 13.3. The molecule has 1 heterocycles. The van der Waals surface area contributed by atoms with Crippen LogP contribution in [0.25, 0.3) is 0 Å². The number of likely N-dealkylation sites (tertiary alicyclic amines) is 1. The van der Waals surface area contributed by atoms with Crippen molar-refractivity contribution < 1.29 is 28.2 Å². The van der Waals surface area contributed by atoms with Gasteiger partial charge in [-0.25, -0.2) is 4.79 Å². The van der Waals surface area contributed by atoms with Gasteiger partial charge in [0.2, 0.25) is 0 Å². The van der Waals surface area contributed by atoms with Crippen molar-refractivity contribution in [3.05, 3.63) is 0 Å². The summed E-state index contributed by atoms with van der Waals surface area (Å²) >= 11 is 0. The highest BCUT2D eigenvalue weighted by molar-refractivity contribution is 5.74. The molecule has 0 saturated carbocycles. The first-order valence-electron chi connectivity index (χ1n) is 8.02. The largest absolute Gasteiger partial charge is 0.417 e. The van der Waals surface area contributed by atoms with Gasteiger partial charge in [0.15, 0.2) is 5.60 Å². The lowest BCUT2D eigenvalue weighted by molar-refractivity contribution is -0.271. The van der Waals surface area contributed by atoms with Crippen LogP contribution in [0.4, 0.5) is 18.0 Å². The first kappa shape index (κ1) is 20.0. The number of carbonyl (C=O) groups is 1. The Balaban J connectivity index is 2.45. The molecule has 0 aromatic heterocycles. The molecule has 0 radical (unpaired) electrons. The van der Waals surface area contributed by atoms with Crippen molar-refractivity contribution >= 4 is 6.03 Å². The smallest absolute Gasteiger partial charge is 0.396 e. The van der Waals surface area contributed by atoms with Crippen LogP contribution >= 0.6 is 0 Å². The summed E-state index contributed by atoms with van der Waals surface area (Å²) in [5.41, 5.74) is -2.69. The van der Waals surface area contributed by atoms with Crippen LogP contribution in [-0.2, 0) is 0 Å². The zero-order chi connectivity index (χ0) is 17.7. The SMILES string of the molecule is CC(C)CC(CCO)CNC(=O)N1CCC(O)(C(F)(F)F)CC1. The second-order valence-corrected chi connectivity index (χ2v) is 6.71. The molecular weight excluding hydrogens is 313 g/mol. The van der Waals surface area contributed by atoms with E-state index in [1.807, 2.05) is 0 Å². The number of urea groups is 1. The molecule has 1 rings (SSSR count). The van der Waals surface area contributed by atoms with Crippen molar-refractivity contribution in [3.63, 3.8) is 0 Å². The van der Waals surface area contributed by atoms with Crippen LogP contribution in [0.5, 0.6) is 0 Å². The molecule has 0 aromatic carbocycles. The van der Waals surface area contributed by atoms with Gasteiger partial charge < -0.3 is 20.4 Å². The second kappa shape index (κ2) is 8.19. The third-order valence-corrected chi connectivity index (χ3v) is 4.29. The molecule has 1 unspecified atom stereocenters. The normalized spacial score (nSPS) is 19.7. The molecule has 3 N–H and O–H groups in total. The predicted octanol–water partition coefficient (Wildman–Crippen LogP) is 2.13. The van der Waals surface area contributed by atoms with Crippen LogP contribution in [0.1, 0.15) is 39.5 Å². The van der Waals surface area contributed by atoms with E-state index < -0.39 is 30.7 Å². The summed E-state index contributed by atoms with van der Waals surface area (Å²) in [5.74, 6) is 0.570. The van der Waals surface area contributed by atoms with Gasteiger partial charge in [-0.2, -0.15) is 13.2 Å². The number of piperidine rings is 1. The van der Waals surface area contributed by atoms with Gasteiger partial charge in [-0.05, 0) is 24.7 Å². The van der Waals surface area contributed by atoms with Gasteiger partial charge in [-0.3, -0.25) is 0 Å². The minimum Gasteiger partial charge on any atom is -0.396 e. The van der Waals surface area contributed by atoms with E-state index in [9.17, 15) is 23.1 Å². The molecule has 2 amide bonds. The number of hydrogen-bond donors (Lipinski definition) is 3. The Hall–Kier alpha value is -1.02. The van der Waals surface area contributed by atoms with E-state index in [0.29, 0.717) is 18.9 Å². The molecule has 136 valence electrons. The van der Waals surface area contributed by atoms with Crippen molar-refractivity contribution in [2.45, 2.75) is 51.3 Å². The Bertz CT molecular complexity index is 381. The van der Waals surface area contributed by atoms with Crippen LogP contribution in [-0.4, -0.2) is 59.2 Å². The van der Waals surface area contributed by atoms with Gasteiger partial charge in [0.25, 0.3) is 0 Å². The summed E-state index contributed by atoms with van der Waals surface area (Å²) in [5, 5.41) is 21.3. The average Bonchev–Trinajstić information content (AvgIpc) is 2.43. The summed E-state index contributed by atoms with van der Waals surface area (Å²) in [7, 11) is 0.